The Balaban J connectivity index is 1.86. The monoisotopic (exact) mass is 247 g/mol. The van der Waals surface area contributed by atoms with E-state index in [4.69, 9.17) is 0 Å². The highest BCUT2D eigenvalue weighted by Crippen LogP contribution is 2.28. The fourth-order valence-electron chi connectivity index (χ4n) is 3.02. The Labute approximate surface area is 106 Å². The van der Waals surface area contributed by atoms with Crippen LogP contribution in [-0.2, 0) is 0 Å². The Morgan fingerprint density at radius 2 is 2.39 bits per heavy atom. The number of amides is 1. The van der Waals surface area contributed by atoms with E-state index >= 15 is 0 Å². The molecule has 1 amide bonds. The van der Waals surface area contributed by atoms with E-state index in [2.05, 4.69) is 10.3 Å². The lowest BCUT2D eigenvalue weighted by Gasteiger charge is -2.36. The number of aromatic nitrogens is 1. The van der Waals surface area contributed by atoms with Crippen molar-refractivity contribution in [2.75, 3.05) is 19.6 Å². The van der Waals surface area contributed by atoms with E-state index < -0.39 is 0 Å². The fourth-order valence-corrected chi connectivity index (χ4v) is 3.02. The molecule has 2 saturated heterocycles. The standard InChI is InChI=1S/C13H17N3O2/c17-11-4-1-5-15-12(11)13(18)16-6-2-3-9-7-14-8-10(9)16/h1,4-5,9-10,14,17H,2-3,6-8H2. The van der Waals surface area contributed by atoms with Gasteiger partial charge in [-0.3, -0.25) is 4.79 Å². The number of hydrogen-bond acceptors (Lipinski definition) is 4. The van der Waals surface area contributed by atoms with E-state index in [1.807, 2.05) is 4.90 Å². The van der Waals surface area contributed by atoms with Crippen molar-refractivity contribution in [3.05, 3.63) is 24.0 Å². The number of hydrogen-bond donors (Lipinski definition) is 2. The number of piperidine rings is 1. The highest BCUT2D eigenvalue weighted by Gasteiger charge is 2.38. The zero-order valence-electron chi connectivity index (χ0n) is 10.2. The number of nitrogens with zero attached hydrogens (tertiary/aromatic N) is 2. The summed E-state index contributed by atoms with van der Waals surface area (Å²) in [6.45, 7) is 2.60. The van der Waals surface area contributed by atoms with E-state index in [1.54, 1.807) is 12.3 Å². The second-order valence-corrected chi connectivity index (χ2v) is 5.00. The van der Waals surface area contributed by atoms with Crippen LogP contribution in [-0.4, -0.2) is 46.6 Å². The van der Waals surface area contributed by atoms with Crippen molar-refractivity contribution in [1.29, 1.82) is 0 Å². The van der Waals surface area contributed by atoms with Gasteiger partial charge in [0.1, 0.15) is 5.75 Å². The molecule has 0 bridgehead atoms. The molecule has 1 aromatic rings. The highest BCUT2D eigenvalue weighted by atomic mass is 16.3. The topological polar surface area (TPSA) is 65.5 Å². The highest BCUT2D eigenvalue weighted by molar-refractivity contribution is 5.95. The molecule has 5 nitrogen and oxygen atoms in total. The molecule has 0 aromatic carbocycles. The zero-order valence-corrected chi connectivity index (χ0v) is 10.2. The van der Waals surface area contributed by atoms with Crippen molar-refractivity contribution in [2.45, 2.75) is 18.9 Å². The smallest absolute Gasteiger partial charge is 0.276 e. The average molecular weight is 247 g/mol. The Hall–Kier alpha value is -1.62. The first-order valence-electron chi connectivity index (χ1n) is 6.43. The molecule has 0 saturated carbocycles. The van der Waals surface area contributed by atoms with Gasteiger partial charge in [-0.25, -0.2) is 4.98 Å². The molecule has 2 aliphatic rings. The largest absolute Gasteiger partial charge is 0.505 e. The Morgan fingerprint density at radius 3 is 3.22 bits per heavy atom. The number of fused-ring (bicyclic) bond motifs is 1. The predicted octanol–water partition coefficient (Wildman–Crippen LogP) is 0.611. The van der Waals surface area contributed by atoms with E-state index in [0.717, 1.165) is 26.1 Å². The van der Waals surface area contributed by atoms with Gasteiger partial charge in [-0.15, -0.1) is 0 Å². The summed E-state index contributed by atoms with van der Waals surface area (Å²) >= 11 is 0. The number of carbonyl (C=O) groups excluding carboxylic acids is 1. The van der Waals surface area contributed by atoms with Gasteiger partial charge in [0.2, 0.25) is 0 Å². The average Bonchev–Trinajstić information content (AvgIpc) is 2.86. The minimum absolute atomic E-state index is 0.0319. The summed E-state index contributed by atoms with van der Waals surface area (Å²) in [7, 11) is 0. The SMILES string of the molecule is O=C(c1ncccc1O)N1CCCC2CNCC21. The lowest BCUT2D eigenvalue weighted by atomic mass is 9.92. The van der Waals surface area contributed by atoms with Crippen LogP contribution in [0.1, 0.15) is 23.3 Å². The predicted molar refractivity (Wildman–Crippen MR) is 66.3 cm³/mol. The second-order valence-electron chi connectivity index (χ2n) is 5.00. The summed E-state index contributed by atoms with van der Waals surface area (Å²) in [5, 5.41) is 13.1. The summed E-state index contributed by atoms with van der Waals surface area (Å²) in [5.41, 5.74) is 0.171. The first kappa shape index (κ1) is 11.5. The van der Waals surface area contributed by atoms with Gasteiger partial charge in [0, 0.05) is 31.9 Å². The Kier molecular flexibility index (Phi) is 2.91. The number of carbonyl (C=O) groups is 1. The van der Waals surface area contributed by atoms with Gasteiger partial charge in [-0.05, 0) is 30.9 Å². The van der Waals surface area contributed by atoms with Crippen LogP contribution in [0.4, 0.5) is 0 Å². The zero-order chi connectivity index (χ0) is 12.5. The number of pyridine rings is 1. The molecule has 1 aromatic heterocycles. The number of aromatic hydroxyl groups is 1. The summed E-state index contributed by atoms with van der Waals surface area (Å²) in [6.07, 6.45) is 3.75. The number of likely N-dealkylation sites (tertiary alicyclic amines) is 1. The van der Waals surface area contributed by atoms with Gasteiger partial charge in [0.05, 0.1) is 0 Å². The van der Waals surface area contributed by atoms with Crippen molar-refractivity contribution in [3.8, 4) is 5.75 Å². The van der Waals surface area contributed by atoms with Crippen LogP contribution in [0.2, 0.25) is 0 Å². The molecule has 2 unspecified atom stereocenters. The first-order valence-corrected chi connectivity index (χ1v) is 6.43. The molecule has 2 atom stereocenters. The van der Waals surface area contributed by atoms with Crippen molar-refractivity contribution in [3.63, 3.8) is 0 Å². The van der Waals surface area contributed by atoms with Crippen molar-refractivity contribution < 1.29 is 9.90 Å². The fraction of sp³-hybridized carbons (Fsp3) is 0.538. The maximum Gasteiger partial charge on any atom is 0.276 e. The Bertz CT molecular complexity index is 463. The van der Waals surface area contributed by atoms with Crippen LogP contribution >= 0.6 is 0 Å². The number of nitrogens with one attached hydrogen (secondary N) is 1. The molecule has 2 N–H and O–H groups in total. The second kappa shape index (κ2) is 4.57. The van der Waals surface area contributed by atoms with Gasteiger partial charge in [-0.2, -0.15) is 0 Å². The lowest BCUT2D eigenvalue weighted by molar-refractivity contribution is 0.0565. The van der Waals surface area contributed by atoms with E-state index in [1.165, 1.54) is 12.5 Å². The van der Waals surface area contributed by atoms with Crippen LogP contribution in [0.15, 0.2) is 18.3 Å². The summed E-state index contributed by atoms with van der Waals surface area (Å²) in [6, 6.07) is 3.39. The van der Waals surface area contributed by atoms with Crippen LogP contribution in [0.5, 0.6) is 5.75 Å². The van der Waals surface area contributed by atoms with Crippen LogP contribution in [0, 0.1) is 5.92 Å². The van der Waals surface area contributed by atoms with Crippen molar-refractivity contribution in [2.24, 2.45) is 5.92 Å². The summed E-state index contributed by atoms with van der Waals surface area (Å²) in [5.74, 6) is 0.371. The summed E-state index contributed by atoms with van der Waals surface area (Å²) in [4.78, 5) is 18.3. The molecule has 2 fully saturated rings. The molecule has 18 heavy (non-hydrogen) atoms. The van der Waals surface area contributed by atoms with E-state index in [0.29, 0.717) is 5.92 Å². The molecule has 3 rings (SSSR count). The maximum atomic E-state index is 12.4. The van der Waals surface area contributed by atoms with Gasteiger partial charge >= 0.3 is 0 Å². The van der Waals surface area contributed by atoms with Crippen LogP contribution < -0.4 is 5.32 Å². The van der Waals surface area contributed by atoms with Crippen molar-refractivity contribution in [1.82, 2.24) is 15.2 Å². The summed E-state index contributed by atoms with van der Waals surface area (Å²) < 4.78 is 0. The molecule has 0 radical (unpaired) electrons. The molecule has 96 valence electrons. The molecule has 0 aliphatic carbocycles. The molecule has 5 heteroatoms. The molecule has 2 aliphatic heterocycles. The van der Waals surface area contributed by atoms with E-state index in [9.17, 15) is 9.90 Å². The minimum atomic E-state index is -0.147. The first-order chi connectivity index (χ1) is 8.77. The number of rotatable bonds is 1. The van der Waals surface area contributed by atoms with Gasteiger partial charge in [0.15, 0.2) is 5.69 Å². The minimum Gasteiger partial charge on any atom is -0.505 e. The molecular weight excluding hydrogens is 230 g/mol. The maximum absolute atomic E-state index is 12.4. The molecular formula is C13H17N3O2. The van der Waals surface area contributed by atoms with Gasteiger partial charge < -0.3 is 15.3 Å². The van der Waals surface area contributed by atoms with Gasteiger partial charge in [-0.1, -0.05) is 0 Å². The van der Waals surface area contributed by atoms with E-state index in [-0.39, 0.29) is 23.4 Å². The normalized spacial score (nSPS) is 27.0. The Morgan fingerprint density at radius 1 is 1.50 bits per heavy atom. The van der Waals surface area contributed by atoms with Crippen molar-refractivity contribution >= 4 is 5.91 Å². The third-order valence-electron chi connectivity index (χ3n) is 3.93. The third kappa shape index (κ3) is 1.84. The van der Waals surface area contributed by atoms with Crippen LogP contribution in [0.25, 0.3) is 0 Å². The molecule has 3 heterocycles. The third-order valence-corrected chi connectivity index (χ3v) is 3.93. The molecule has 0 spiro atoms. The lowest BCUT2D eigenvalue weighted by Crippen LogP contribution is -2.48. The van der Waals surface area contributed by atoms with Gasteiger partial charge in [0.25, 0.3) is 5.91 Å². The quantitative estimate of drug-likeness (QED) is 0.763. The van der Waals surface area contributed by atoms with Crippen LogP contribution in [0.3, 0.4) is 0 Å².